The summed E-state index contributed by atoms with van der Waals surface area (Å²) in [6.07, 6.45) is 0. The van der Waals surface area contributed by atoms with E-state index in [1.807, 2.05) is 115 Å². The topological polar surface area (TPSA) is 49.9 Å². The zero-order chi connectivity index (χ0) is 29.8. The molecule has 2 fully saturated rings. The molecule has 0 radical (unpaired) electrons. The maximum atomic E-state index is 15.6. The largest absolute Gasteiger partial charge is 0.273 e. The lowest BCUT2D eigenvalue weighted by Crippen LogP contribution is -2.63. The Labute approximate surface area is 260 Å². The van der Waals surface area contributed by atoms with Crippen LogP contribution in [0.15, 0.2) is 127 Å². The van der Waals surface area contributed by atoms with E-state index in [1.165, 1.54) is 4.90 Å². The fourth-order valence-corrected chi connectivity index (χ4v) is 8.73. The number of aryl methyl sites for hydroxylation is 1. The normalized spacial score (nSPS) is 27.6. The lowest BCUT2D eigenvalue weighted by Gasteiger charge is -2.55. The number of anilines is 2. The molecule has 0 saturated carbocycles. The highest BCUT2D eigenvalue weighted by Crippen LogP contribution is 2.77. The van der Waals surface area contributed by atoms with Crippen molar-refractivity contribution in [2.24, 2.45) is 5.41 Å². The molecule has 0 aromatic heterocycles. The first-order chi connectivity index (χ1) is 21.5. The monoisotopic (exact) mass is 594 g/mol. The number of carbonyl (C=O) groups is 2. The number of imide groups is 1. The molecule has 5 aliphatic rings. The number of para-hydroxylation sites is 1. The van der Waals surface area contributed by atoms with Gasteiger partial charge in [-0.25, -0.2) is 9.96 Å². The Balaban J connectivity index is 1.43. The molecule has 2 bridgehead atoms. The summed E-state index contributed by atoms with van der Waals surface area (Å²) in [5.74, 6) is -1.53. The van der Waals surface area contributed by atoms with Gasteiger partial charge >= 0.3 is 0 Å². The van der Waals surface area contributed by atoms with Crippen LogP contribution in [0.5, 0.6) is 0 Å². The van der Waals surface area contributed by atoms with Gasteiger partial charge in [-0.2, -0.15) is 0 Å². The molecule has 5 aromatic carbocycles. The molecule has 10 rings (SSSR count). The number of hydrogen-bond donors (Lipinski definition) is 0. The SMILES string of the molecule is Cc1ccc(N2C(=O)C34ON(c5ccccc5)C(c5ccc(Cl)cc5)C3(C2=O)C2c3ccccc3C4c3ccccc32)cc1. The van der Waals surface area contributed by atoms with Gasteiger partial charge in [0.25, 0.3) is 5.91 Å². The second-order valence-electron chi connectivity index (χ2n) is 12.2. The molecule has 214 valence electrons. The van der Waals surface area contributed by atoms with E-state index in [0.29, 0.717) is 10.7 Å². The van der Waals surface area contributed by atoms with Crippen LogP contribution in [0.3, 0.4) is 0 Å². The highest BCUT2D eigenvalue weighted by atomic mass is 35.5. The lowest BCUT2D eigenvalue weighted by atomic mass is 9.43. The van der Waals surface area contributed by atoms with E-state index in [9.17, 15) is 0 Å². The Hall–Kier alpha value is -4.71. The molecule has 3 atom stereocenters. The Bertz CT molecular complexity index is 1950. The fraction of sp³-hybridized carbons (Fsp3) is 0.158. The molecule has 2 aliphatic heterocycles. The minimum Gasteiger partial charge on any atom is -0.273 e. The van der Waals surface area contributed by atoms with Crippen LogP contribution in [0.4, 0.5) is 11.4 Å². The number of halogens is 1. The third-order valence-corrected chi connectivity index (χ3v) is 10.4. The van der Waals surface area contributed by atoms with Crippen molar-refractivity contribution in [3.05, 3.63) is 166 Å². The molecule has 5 nitrogen and oxygen atoms in total. The van der Waals surface area contributed by atoms with Crippen molar-refractivity contribution < 1.29 is 14.4 Å². The van der Waals surface area contributed by atoms with E-state index in [0.717, 1.165) is 39.1 Å². The lowest BCUT2D eigenvalue weighted by molar-refractivity contribution is -0.153. The van der Waals surface area contributed by atoms with Crippen LogP contribution in [-0.2, 0) is 14.4 Å². The second-order valence-corrected chi connectivity index (χ2v) is 12.7. The minimum atomic E-state index is -1.54. The minimum absolute atomic E-state index is 0.247. The first-order valence-corrected chi connectivity index (χ1v) is 15.3. The molecule has 6 heteroatoms. The molecule has 0 spiro atoms. The van der Waals surface area contributed by atoms with E-state index < -0.39 is 28.9 Å². The molecule has 2 heterocycles. The first kappa shape index (κ1) is 25.8. The van der Waals surface area contributed by atoms with Crippen molar-refractivity contribution in [2.75, 3.05) is 9.96 Å². The van der Waals surface area contributed by atoms with E-state index in [2.05, 4.69) is 24.3 Å². The van der Waals surface area contributed by atoms with Crippen LogP contribution < -0.4 is 9.96 Å². The molecule has 0 N–H and O–H groups in total. The number of hydroxylamine groups is 1. The summed E-state index contributed by atoms with van der Waals surface area (Å²) in [5, 5.41) is 2.43. The Kier molecular flexibility index (Phi) is 5.22. The van der Waals surface area contributed by atoms with Gasteiger partial charge in [-0.3, -0.25) is 14.4 Å². The van der Waals surface area contributed by atoms with Crippen LogP contribution in [0.25, 0.3) is 0 Å². The second kappa shape index (κ2) is 8.91. The van der Waals surface area contributed by atoms with Gasteiger partial charge in [0.2, 0.25) is 11.5 Å². The third-order valence-electron chi connectivity index (χ3n) is 10.2. The number of hydrogen-bond acceptors (Lipinski definition) is 4. The maximum absolute atomic E-state index is 15.6. The van der Waals surface area contributed by atoms with Crippen molar-refractivity contribution >= 4 is 34.8 Å². The van der Waals surface area contributed by atoms with Crippen LogP contribution in [0, 0.1) is 12.3 Å². The maximum Gasteiger partial charge on any atom is 0.271 e. The van der Waals surface area contributed by atoms with Gasteiger partial charge in [-0.05, 0) is 71.1 Å². The summed E-state index contributed by atoms with van der Waals surface area (Å²) in [5.41, 5.74) is 4.56. The Morgan fingerprint density at radius 1 is 0.614 bits per heavy atom. The summed E-state index contributed by atoms with van der Waals surface area (Å²) in [7, 11) is 0. The van der Waals surface area contributed by atoms with Gasteiger partial charge in [0.05, 0.1) is 17.3 Å². The molecule has 3 unspecified atom stereocenters. The van der Waals surface area contributed by atoms with Crippen LogP contribution >= 0.6 is 11.6 Å². The third kappa shape index (κ3) is 2.94. The summed E-state index contributed by atoms with van der Waals surface area (Å²) < 4.78 is 0. The highest BCUT2D eigenvalue weighted by molar-refractivity contribution is 6.31. The first-order valence-electron chi connectivity index (χ1n) is 14.9. The number of carbonyl (C=O) groups excluding carboxylic acids is 2. The quantitative estimate of drug-likeness (QED) is 0.201. The van der Waals surface area contributed by atoms with Crippen molar-refractivity contribution in [1.29, 1.82) is 0 Å². The molecule has 3 aliphatic carbocycles. The average molecular weight is 595 g/mol. The van der Waals surface area contributed by atoms with Crippen molar-refractivity contribution in [3.63, 3.8) is 0 Å². The van der Waals surface area contributed by atoms with Gasteiger partial charge in [0.1, 0.15) is 11.5 Å². The number of rotatable bonds is 3. The molecular weight excluding hydrogens is 568 g/mol. The van der Waals surface area contributed by atoms with Gasteiger partial charge in [-0.15, -0.1) is 0 Å². The van der Waals surface area contributed by atoms with Crippen LogP contribution in [-0.4, -0.2) is 17.4 Å². The zero-order valence-electron chi connectivity index (χ0n) is 23.9. The predicted molar refractivity (Wildman–Crippen MR) is 170 cm³/mol. The smallest absolute Gasteiger partial charge is 0.271 e. The van der Waals surface area contributed by atoms with Crippen molar-refractivity contribution in [2.45, 2.75) is 30.4 Å². The van der Waals surface area contributed by atoms with Crippen molar-refractivity contribution in [3.8, 4) is 0 Å². The van der Waals surface area contributed by atoms with E-state index in [1.54, 1.807) is 0 Å². The molecular formula is C38H27ClN2O3. The summed E-state index contributed by atoms with van der Waals surface area (Å²) in [6.45, 7) is 1.99. The standard InChI is InChI=1S/C38H27ClN2O3/c1-23-15-21-26(22-16-23)40-35(42)37-32-28-11-5-7-13-30(28)33(31-14-8-6-12-29(31)32)38(37,36(40)43)44-41(27-9-3-2-4-10-27)34(37)24-17-19-25(39)20-18-24/h2-22,32-34H,1H3. The zero-order valence-corrected chi connectivity index (χ0v) is 24.6. The van der Waals surface area contributed by atoms with Crippen LogP contribution in [0.2, 0.25) is 5.02 Å². The predicted octanol–water partition coefficient (Wildman–Crippen LogP) is 7.73. The van der Waals surface area contributed by atoms with Gasteiger partial charge < -0.3 is 0 Å². The van der Waals surface area contributed by atoms with Gasteiger partial charge in [0, 0.05) is 10.9 Å². The van der Waals surface area contributed by atoms with Crippen molar-refractivity contribution in [1.82, 2.24) is 0 Å². The Morgan fingerprint density at radius 2 is 1.16 bits per heavy atom. The fourth-order valence-electron chi connectivity index (χ4n) is 8.60. The molecule has 2 saturated heterocycles. The van der Waals surface area contributed by atoms with Crippen LogP contribution in [0.1, 0.15) is 51.3 Å². The molecule has 5 aromatic rings. The Morgan fingerprint density at radius 3 is 1.75 bits per heavy atom. The van der Waals surface area contributed by atoms with Gasteiger partial charge in [0.15, 0.2) is 0 Å². The number of amides is 2. The average Bonchev–Trinajstić information content (AvgIpc) is 3.50. The van der Waals surface area contributed by atoms with E-state index in [4.69, 9.17) is 16.4 Å². The van der Waals surface area contributed by atoms with E-state index in [-0.39, 0.29) is 11.8 Å². The summed E-state index contributed by atoms with van der Waals surface area (Å²) in [4.78, 5) is 39.7. The highest BCUT2D eigenvalue weighted by Gasteiger charge is 2.87. The van der Waals surface area contributed by atoms with E-state index >= 15 is 9.59 Å². The van der Waals surface area contributed by atoms with Gasteiger partial charge in [-0.1, -0.05) is 108 Å². The number of nitrogens with zero attached hydrogens (tertiary/aromatic N) is 2. The molecule has 44 heavy (non-hydrogen) atoms. The molecule has 2 amide bonds. The summed E-state index contributed by atoms with van der Waals surface area (Å²) >= 11 is 6.41. The summed E-state index contributed by atoms with van der Waals surface area (Å²) in [6, 6.07) is 40.9. The number of benzene rings is 5.